The third-order valence-corrected chi connectivity index (χ3v) is 1.90. The average Bonchev–Trinajstić information content (AvgIpc) is 2.22. The molecule has 0 spiro atoms. The molecule has 1 aromatic rings. The minimum atomic E-state index is -1.04. The van der Waals surface area contributed by atoms with Crippen molar-refractivity contribution in [1.29, 1.82) is 0 Å². The Bertz CT molecular complexity index is 404. The molecule has 86 valence electrons. The quantitative estimate of drug-likeness (QED) is 0.295. The molecule has 0 heterocycles. The summed E-state index contributed by atoms with van der Waals surface area (Å²) in [6.07, 6.45) is 1.19. The number of anilines is 1. The number of aliphatic carboxylic acids is 1. The van der Waals surface area contributed by atoms with Crippen molar-refractivity contribution in [1.82, 2.24) is 0 Å². The number of rotatable bonds is 5. The number of nitrogen functional groups attached to an aromatic ring is 1. The maximum atomic E-state index is 10.3. The molecule has 16 heavy (non-hydrogen) atoms. The van der Waals surface area contributed by atoms with Crippen LogP contribution in [0.5, 0.6) is 0 Å². The van der Waals surface area contributed by atoms with Gasteiger partial charge < -0.3 is 20.8 Å². The monoisotopic (exact) mass is 224 g/mol. The van der Waals surface area contributed by atoms with Gasteiger partial charge in [0.05, 0.1) is 12.8 Å². The number of carboxylic acids is 1. The van der Waals surface area contributed by atoms with Crippen LogP contribution in [0, 0.1) is 0 Å². The fourth-order valence-corrected chi connectivity index (χ4v) is 1.22. The summed E-state index contributed by atoms with van der Waals surface area (Å²) in [6, 6.07) is 5.08. The number of carboxylic acid groups (broad SMARTS) is 1. The van der Waals surface area contributed by atoms with Crippen LogP contribution < -0.4 is 5.73 Å². The van der Waals surface area contributed by atoms with E-state index in [-0.39, 0.29) is 13.2 Å². The summed E-state index contributed by atoms with van der Waals surface area (Å²) in [5.41, 5.74) is 7.29. The van der Waals surface area contributed by atoms with Crippen LogP contribution in [0.25, 0.3) is 0 Å². The Morgan fingerprint density at radius 3 is 2.94 bits per heavy atom. The fourth-order valence-electron chi connectivity index (χ4n) is 1.22. The maximum Gasteiger partial charge on any atom is 0.329 e. The van der Waals surface area contributed by atoms with E-state index in [1.807, 2.05) is 0 Å². The van der Waals surface area contributed by atoms with Crippen molar-refractivity contribution in [3.05, 3.63) is 29.3 Å². The van der Waals surface area contributed by atoms with Crippen molar-refractivity contribution in [3.63, 3.8) is 0 Å². The van der Waals surface area contributed by atoms with Crippen molar-refractivity contribution in [2.24, 2.45) is 5.16 Å². The van der Waals surface area contributed by atoms with Gasteiger partial charge in [0.2, 0.25) is 0 Å². The predicted molar refractivity (Wildman–Crippen MR) is 57.5 cm³/mol. The lowest BCUT2D eigenvalue weighted by Gasteiger charge is -2.07. The molecule has 0 atom stereocenters. The number of nitrogens with two attached hydrogens (primary N) is 1. The fraction of sp³-hybridized carbons (Fsp3) is 0.200. The molecule has 6 nitrogen and oxygen atoms in total. The zero-order chi connectivity index (χ0) is 12.0. The molecule has 1 aromatic carbocycles. The second kappa shape index (κ2) is 5.72. The van der Waals surface area contributed by atoms with Gasteiger partial charge in [0, 0.05) is 11.3 Å². The van der Waals surface area contributed by atoms with Crippen molar-refractivity contribution < 1.29 is 19.8 Å². The van der Waals surface area contributed by atoms with E-state index in [9.17, 15) is 4.79 Å². The van der Waals surface area contributed by atoms with E-state index in [2.05, 4.69) is 5.16 Å². The minimum absolute atomic E-state index is 0.0959. The molecule has 0 saturated carbocycles. The van der Waals surface area contributed by atoms with E-state index >= 15 is 0 Å². The Kier molecular flexibility index (Phi) is 4.28. The lowest BCUT2D eigenvalue weighted by molar-refractivity contribution is -0.142. The largest absolute Gasteiger partial charge is 0.480 e. The summed E-state index contributed by atoms with van der Waals surface area (Å²) in [7, 11) is 0. The second-order valence-electron chi connectivity index (χ2n) is 3.05. The van der Waals surface area contributed by atoms with Crippen LogP contribution in [0.2, 0.25) is 0 Å². The third-order valence-electron chi connectivity index (χ3n) is 1.90. The first-order valence-corrected chi connectivity index (χ1v) is 4.49. The van der Waals surface area contributed by atoms with Gasteiger partial charge >= 0.3 is 5.97 Å². The van der Waals surface area contributed by atoms with Crippen LogP contribution in [-0.2, 0) is 16.1 Å². The van der Waals surface area contributed by atoms with Gasteiger partial charge in [0.15, 0.2) is 0 Å². The molecule has 0 bridgehead atoms. The maximum absolute atomic E-state index is 10.3. The first-order chi connectivity index (χ1) is 7.65. The van der Waals surface area contributed by atoms with Crippen LogP contribution in [0.1, 0.15) is 11.1 Å². The topological polar surface area (TPSA) is 105 Å². The number of hydrogen-bond acceptors (Lipinski definition) is 5. The molecular formula is C10H12N2O4. The summed E-state index contributed by atoms with van der Waals surface area (Å²) in [5.74, 6) is -1.04. The highest BCUT2D eigenvalue weighted by molar-refractivity contribution is 5.88. The normalized spacial score (nSPS) is 10.8. The Balaban J connectivity index is 2.78. The Morgan fingerprint density at radius 2 is 2.31 bits per heavy atom. The van der Waals surface area contributed by atoms with Gasteiger partial charge in [-0.3, -0.25) is 0 Å². The molecule has 0 aliphatic heterocycles. The van der Waals surface area contributed by atoms with Crippen molar-refractivity contribution in [2.45, 2.75) is 6.61 Å². The molecule has 0 aromatic heterocycles. The Morgan fingerprint density at radius 1 is 1.56 bits per heavy atom. The molecule has 0 unspecified atom stereocenters. The number of carbonyl (C=O) groups is 1. The van der Waals surface area contributed by atoms with E-state index in [1.165, 1.54) is 6.21 Å². The van der Waals surface area contributed by atoms with E-state index < -0.39 is 5.97 Å². The van der Waals surface area contributed by atoms with Gasteiger partial charge in [-0.05, 0) is 11.6 Å². The standard InChI is InChI=1S/C10H12N2O4/c11-9-3-1-2-7(8(9)4-12-15)5-16-6-10(13)14/h1-4,15H,5-6,11H2,(H,13,14)/b12-4-. The number of benzene rings is 1. The highest BCUT2D eigenvalue weighted by Gasteiger charge is 2.05. The Labute approximate surface area is 91.9 Å². The summed E-state index contributed by atoms with van der Waals surface area (Å²) in [6.45, 7) is -0.288. The average molecular weight is 224 g/mol. The lowest BCUT2D eigenvalue weighted by Crippen LogP contribution is -2.08. The van der Waals surface area contributed by atoms with Gasteiger partial charge in [-0.25, -0.2) is 4.79 Å². The summed E-state index contributed by atoms with van der Waals surface area (Å²) in [5, 5.41) is 19.8. The second-order valence-corrected chi connectivity index (χ2v) is 3.05. The first-order valence-electron chi connectivity index (χ1n) is 4.49. The predicted octanol–water partition coefficient (Wildman–Crippen LogP) is 0.678. The zero-order valence-corrected chi connectivity index (χ0v) is 8.46. The smallest absolute Gasteiger partial charge is 0.329 e. The first kappa shape index (κ1) is 12.0. The molecule has 0 aliphatic rings. The van der Waals surface area contributed by atoms with E-state index in [4.69, 9.17) is 20.8 Å². The molecule has 4 N–H and O–H groups in total. The molecule has 6 heteroatoms. The van der Waals surface area contributed by atoms with Crippen molar-refractivity contribution >= 4 is 17.9 Å². The van der Waals surface area contributed by atoms with Crippen LogP contribution in [0.4, 0.5) is 5.69 Å². The van der Waals surface area contributed by atoms with Crippen LogP contribution in [0.15, 0.2) is 23.4 Å². The van der Waals surface area contributed by atoms with Gasteiger partial charge in [-0.1, -0.05) is 17.3 Å². The summed E-state index contributed by atoms with van der Waals surface area (Å²) in [4.78, 5) is 10.3. The summed E-state index contributed by atoms with van der Waals surface area (Å²) >= 11 is 0. The number of hydrogen-bond donors (Lipinski definition) is 3. The number of ether oxygens (including phenoxy) is 1. The van der Waals surface area contributed by atoms with Crippen LogP contribution in [-0.4, -0.2) is 29.1 Å². The third kappa shape index (κ3) is 3.25. The molecule has 0 aliphatic carbocycles. The highest BCUT2D eigenvalue weighted by atomic mass is 16.5. The van der Waals surface area contributed by atoms with Gasteiger partial charge in [0.25, 0.3) is 0 Å². The molecule has 0 saturated heterocycles. The van der Waals surface area contributed by atoms with E-state index in [0.717, 1.165) is 0 Å². The number of oxime groups is 1. The zero-order valence-electron chi connectivity index (χ0n) is 8.46. The molecule has 1 rings (SSSR count). The SMILES string of the molecule is Nc1cccc(COCC(=O)O)c1/C=N\O. The van der Waals surface area contributed by atoms with Crippen LogP contribution >= 0.6 is 0 Å². The summed E-state index contributed by atoms with van der Waals surface area (Å²) < 4.78 is 4.92. The highest BCUT2D eigenvalue weighted by Crippen LogP contribution is 2.15. The molecule has 0 radical (unpaired) electrons. The van der Waals surface area contributed by atoms with Crippen LogP contribution in [0.3, 0.4) is 0 Å². The number of nitrogens with zero attached hydrogens (tertiary/aromatic N) is 1. The van der Waals surface area contributed by atoms with Crippen molar-refractivity contribution in [2.75, 3.05) is 12.3 Å². The van der Waals surface area contributed by atoms with E-state index in [0.29, 0.717) is 16.8 Å². The molecule has 0 fully saturated rings. The Hall–Kier alpha value is -2.08. The molecular weight excluding hydrogens is 212 g/mol. The lowest BCUT2D eigenvalue weighted by atomic mass is 10.1. The van der Waals surface area contributed by atoms with Gasteiger partial charge in [-0.15, -0.1) is 0 Å². The van der Waals surface area contributed by atoms with Gasteiger partial charge in [0.1, 0.15) is 6.61 Å². The van der Waals surface area contributed by atoms with Crippen molar-refractivity contribution in [3.8, 4) is 0 Å². The molecule has 0 amide bonds. The van der Waals surface area contributed by atoms with Gasteiger partial charge in [-0.2, -0.15) is 0 Å². The minimum Gasteiger partial charge on any atom is -0.480 e. The van der Waals surface area contributed by atoms with E-state index in [1.54, 1.807) is 18.2 Å².